The zero-order chi connectivity index (χ0) is 25.3. The number of aromatic nitrogens is 4. The number of methoxy groups -OCH3 is 2. The molecule has 1 aliphatic rings. The monoisotopic (exact) mass is 508 g/mol. The van der Waals surface area contributed by atoms with Gasteiger partial charge in [-0.1, -0.05) is 25.1 Å². The van der Waals surface area contributed by atoms with Crippen molar-refractivity contribution < 1.29 is 17.9 Å². The van der Waals surface area contributed by atoms with E-state index in [-0.39, 0.29) is 0 Å². The molecule has 2 aromatic heterocycles. The van der Waals surface area contributed by atoms with Gasteiger partial charge in [0.2, 0.25) is 10.0 Å². The van der Waals surface area contributed by atoms with Gasteiger partial charge in [-0.15, -0.1) is 0 Å². The lowest BCUT2D eigenvalue weighted by Crippen LogP contribution is -2.49. The largest absolute Gasteiger partial charge is 0.493 e. The highest BCUT2D eigenvalue weighted by Crippen LogP contribution is 2.37. The molecule has 5 rings (SSSR count). The summed E-state index contributed by atoms with van der Waals surface area (Å²) >= 11 is 0. The lowest BCUT2D eigenvalue weighted by molar-refractivity contribution is 0.355. The summed E-state index contributed by atoms with van der Waals surface area (Å²) in [6.07, 6.45) is 4.09. The van der Waals surface area contributed by atoms with Gasteiger partial charge in [0.25, 0.3) is 5.78 Å². The number of ether oxygens (including phenoxy) is 2. The number of sulfonamides is 1. The van der Waals surface area contributed by atoms with Gasteiger partial charge in [-0.2, -0.15) is 18.9 Å². The molecule has 0 N–H and O–H groups in total. The fourth-order valence-electron chi connectivity index (χ4n) is 4.47. The number of anilines is 1. The van der Waals surface area contributed by atoms with Crippen LogP contribution in [-0.4, -0.2) is 72.7 Å². The Morgan fingerprint density at radius 3 is 2.31 bits per heavy atom. The Morgan fingerprint density at radius 1 is 0.917 bits per heavy atom. The lowest BCUT2D eigenvalue weighted by Gasteiger charge is -2.36. The zero-order valence-corrected chi connectivity index (χ0v) is 21.3. The first-order chi connectivity index (χ1) is 17.5. The molecule has 11 heteroatoms. The van der Waals surface area contributed by atoms with Crippen LogP contribution in [0, 0.1) is 0 Å². The van der Waals surface area contributed by atoms with Crippen LogP contribution in [0.4, 0.5) is 5.82 Å². The van der Waals surface area contributed by atoms with Crippen molar-refractivity contribution in [2.45, 2.75) is 18.2 Å². The summed E-state index contributed by atoms with van der Waals surface area (Å²) in [5.74, 6) is 2.50. The maximum atomic E-state index is 13.3. The molecule has 2 aromatic carbocycles. The molecule has 3 heterocycles. The Balaban J connectivity index is 1.46. The number of piperazine rings is 1. The SMILES string of the molecule is CCc1ccc(S(=O)(=O)N2CCN(c3c(-c4ccc(OC)c(OC)c4)cnc4ncnn34)CC2)cc1. The molecule has 0 aliphatic carbocycles. The van der Waals surface area contributed by atoms with Gasteiger partial charge in [0.1, 0.15) is 12.1 Å². The molecule has 0 atom stereocenters. The van der Waals surface area contributed by atoms with E-state index in [1.807, 2.05) is 37.3 Å². The normalized spacial score (nSPS) is 14.8. The maximum absolute atomic E-state index is 13.3. The molecule has 10 nitrogen and oxygen atoms in total. The van der Waals surface area contributed by atoms with Crippen molar-refractivity contribution in [3.05, 3.63) is 60.6 Å². The van der Waals surface area contributed by atoms with Gasteiger partial charge in [-0.05, 0) is 41.8 Å². The second-order valence-corrected chi connectivity index (χ2v) is 10.4. The Hall–Kier alpha value is -3.70. The molecule has 0 spiro atoms. The highest BCUT2D eigenvalue weighted by Gasteiger charge is 2.30. The van der Waals surface area contributed by atoms with Crippen LogP contribution < -0.4 is 14.4 Å². The molecule has 0 amide bonds. The van der Waals surface area contributed by atoms with Crippen LogP contribution in [-0.2, 0) is 16.4 Å². The second kappa shape index (κ2) is 9.75. The molecule has 1 aliphatic heterocycles. The van der Waals surface area contributed by atoms with E-state index in [1.54, 1.807) is 41.4 Å². The van der Waals surface area contributed by atoms with E-state index in [0.717, 1.165) is 28.9 Å². The summed E-state index contributed by atoms with van der Waals surface area (Å²) in [7, 11) is -0.385. The Labute approximate surface area is 210 Å². The summed E-state index contributed by atoms with van der Waals surface area (Å²) < 4.78 is 40.6. The highest BCUT2D eigenvalue weighted by molar-refractivity contribution is 7.89. The molecule has 4 aromatic rings. The lowest BCUT2D eigenvalue weighted by atomic mass is 10.1. The smallest absolute Gasteiger partial charge is 0.254 e. The van der Waals surface area contributed by atoms with Crippen LogP contribution in [0.3, 0.4) is 0 Å². The number of benzene rings is 2. The molecule has 0 saturated carbocycles. The maximum Gasteiger partial charge on any atom is 0.254 e. The topological polar surface area (TPSA) is 102 Å². The number of hydrogen-bond acceptors (Lipinski definition) is 8. The predicted octanol–water partition coefficient (Wildman–Crippen LogP) is 2.88. The number of aryl methyl sites for hydroxylation is 1. The van der Waals surface area contributed by atoms with Crippen LogP contribution in [0.15, 0.2) is 59.9 Å². The van der Waals surface area contributed by atoms with Gasteiger partial charge in [0, 0.05) is 37.9 Å². The van der Waals surface area contributed by atoms with Crippen molar-refractivity contribution in [1.29, 1.82) is 0 Å². The summed E-state index contributed by atoms with van der Waals surface area (Å²) in [5.41, 5.74) is 2.81. The molecule has 1 saturated heterocycles. The molecule has 0 bridgehead atoms. The number of hydrogen-bond donors (Lipinski definition) is 0. The van der Waals surface area contributed by atoms with Gasteiger partial charge in [0.05, 0.1) is 19.1 Å². The average molecular weight is 509 g/mol. The predicted molar refractivity (Wildman–Crippen MR) is 136 cm³/mol. The van der Waals surface area contributed by atoms with Crippen LogP contribution in [0.2, 0.25) is 0 Å². The van der Waals surface area contributed by atoms with Gasteiger partial charge < -0.3 is 14.4 Å². The molecule has 0 radical (unpaired) electrons. The quantitative estimate of drug-likeness (QED) is 0.376. The van der Waals surface area contributed by atoms with Crippen molar-refractivity contribution in [2.24, 2.45) is 0 Å². The number of nitrogens with zero attached hydrogens (tertiary/aromatic N) is 6. The molecule has 188 valence electrons. The fraction of sp³-hybridized carbons (Fsp3) is 0.320. The van der Waals surface area contributed by atoms with E-state index in [2.05, 4.69) is 20.0 Å². The van der Waals surface area contributed by atoms with Gasteiger partial charge in [-0.3, -0.25) is 0 Å². The minimum Gasteiger partial charge on any atom is -0.493 e. The standard InChI is InChI=1S/C25H28N6O4S/c1-4-18-5-8-20(9-6-18)36(32,33)30-13-11-29(12-14-30)24-21(16-26-25-27-17-28-31(24)25)19-7-10-22(34-2)23(15-19)35-3/h5-10,15-17H,4,11-14H2,1-3H3. The van der Waals surface area contributed by atoms with E-state index in [1.165, 1.54) is 6.33 Å². The third-order valence-corrected chi connectivity index (χ3v) is 8.40. The highest BCUT2D eigenvalue weighted by atomic mass is 32.2. The molecule has 1 fully saturated rings. The second-order valence-electron chi connectivity index (χ2n) is 8.43. The zero-order valence-electron chi connectivity index (χ0n) is 20.5. The van der Waals surface area contributed by atoms with Crippen LogP contribution in [0.1, 0.15) is 12.5 Å². The Kier molecular flexibility index (Phi) is 6.50. The van der Waals surface area contributed by atoms with Crippen LogP contribution >= 0.6 is 0 Å². The third-order valence-electron chi connectivity index (χ3n) is 6.48. The van der Waals surface area contributed by atoms with Gasteiger partial charge in [0.15, 0.2) is 11.5 Å². The summed E-state index contributed by atoms with van der Waals surface area (Å²) in [4.78, 5) is 11.2. The van der Waals surface area contributed by atoms with E-state index < -0.39 is 10.0 Å². The summed E-state index contributed by atoms with van der Waals surface area (Å²) in [6, 6.07) is 12.8. The summed E-state index contributed by atoms with van der Waals surface area (Å²) in [6.45, 7) is 3.73. The van der Waals surface area contributed by atoms with E-state index in [9.17, 15) is 8.42 Å². The first-order valence-electron chi connectivity index (χ1n) is 11.7. The van der Waals surface area contributed by atoms with Crippen molar-refractivity contribution >= 4 is 21.6 Å². The van der Waals surface area contributed by atoms with Crippen molar-refractivity contribution in [2.75, 3.05) is 45.3 Å². The molecule has 0 unspecified atom stereocenters. The minimum atomic E-state index is -3.57. The van der Waals surface area contributed by atoms with Crippen molar-refractivity contribution in [3.8, 4) is 22.6 Å². The van der Waals surface area contributed by atoms with E-state index >= 15 is 0 Å². The first kappa shape index (κ1) is 24.0. The molecule has 36 heavy (non-hydrogen) atoms. The van der Waals surface area contributed by atoms with E-state index in [0.29, 0.717) is 48.4 Å². The van der Waals surface area contributed by atoms with Crippen LogP contribution in [0.5, 0.6) is 11.5 Å². The number of rotatable bonds is 7. The first-order valence-corrected chi connectivity index (χ1v) is 13.2. The average Bonchev–Trinajstić information content (AvgIpc) is 3.41. The van der Waals surface area contributed by atoms with E-state index in [4.69, 9.17) is 9.47 Å². The summed E-state index contributed by atoms with van der Waals surface area (Å²) in [5, 5.41) is 4.40. The Morgan fingerprint density at radius 2 is 1.64 bits per heavy atom. The Bertz CT molecular complexity index is 1480. The molecular formula is C25H28N6O4S. The third kappa shape index (κ3) is 4.24. The van der Waals surface area contributed by atoms with Crippen LogP contribution in [0.25, 0.3) is 16.9 Å². The van der Waals surface area contributed by atoms with Crippen molar-refractivity contribution in [3.63, 3.8) is 0 Å². The minimum absolute atomic E-state index is 0.321. The van der Waals surface area contributed by atoms with Gasteiger partial charge >= 0.3 is 0 Å². The fourth-order valence-corrected chi connectivity index (χ4v) is 5.89. The van der Waals surface area contributed by atoms with Gasteiger partial charge in [-0.25, -0.2) is 13.4 Å². The molecular weight excluding hydrogens is 480 g/mol. The van der Waals surface area contributed by atoms with Crippen molar-refractivity contribution in [1.82, 2.24) is 23.9 Å². The number of fused-ring (bicyclic) bond motifs is 1.